The van der Waals surface area contributed by atoms with Gasteiger partial charge in [-0.25, -0.2) is 0 Å². The number of nitrogens with zero attached hydrogens (tertiary/aromatic N) is 1. The molecule has 0 amide bonds. The van der Waals surface area contributed by atoms with Crippen molar-refractivity contribution in [1.82, 2.24) is 0 Å². The number of anilines is 3. The van der Waals surface area contributed by atoms with E-state index in [1.165, 1.54) is 27.5 Å². The monoisotopic (exact) mass is 677 g/mol. The highest BCUT2D eigenvalue weighted by atomic mass is 16.3. The van der Waals surface area contributed by atoms with E-state index in [0.717, 1.165) is 77.3 Å². The van der Waals surface area contributed by atoms with Crippen molar-refractivity contribution in [3.63, 3.8) is 0 Å². The second-order valence-corrected chi connectivity index (χ2v) is 13.7. The molecule has 3 nitrogen and oxygen atoms in total. The fourth-order valence-corrected chi connectivity index (χ4v) is 8.10. The number of hydrogen-bond donors (Lipinski definition) is 0. The van der Waals surface area contributed by atoms with Crippen molar-refractivity contribution in [3.8, 4) is 22.3 Å². The lowest BCUT2D eigenvalue weighted by molar-refractivity contribution is 0.669. The molecule has 2 heterocycles. The summed E-state index contributed by atoms with van der Waals surface area (Å²) in [6.07, 6.45) is 0. The van der Waals surface area contributed by atoms with Crippen LogP contribution in [0.5, 0.6) is 0 Å². The second-order valence-electron chi connectivity index (χ2n) is 13.7. The van der Waals surface area contributed by atoms with E-state index in [1.807, 2.05) is 12.1 Å². The number of para-hydroxylation sites is 1. The Bertz CT molecular complexity index is 3170. The Morgan fingerprint density at radius 3 is 1.60 bits per heavy atom. The summed E-state index contributed by atoms with van der Waals surface area (Å²) in [4.78, 5) is 2.36. The third-order valence-electron chi connectivity index (χ3n) is 10.7. The lowest BCUT2D eigenvalue weighted by atomic mass is 9.98. The van der Waals surface area contributed by atoms with Crippen LogP contribution < -0.4 is 4.90 Å². The molecule has 0 spiro atoms. The lowest BCUT2D eigenvalue weighted by Gasteiger charge is -2.27. The Morgan fingerprint density at radius 1 is 0.321 bits per heavy atom. The number of furan rings is 2. The molecule has 3 heteroatoms. The average molecular weight is 678 g/mol. The van der Waals surface area contributed by atoms with Gasteiger partial charge in [-0.3, -0.25) is 0 Å². The van der Waals surface area contributed by atoms with Crippen molar-refractivity contribution in [2.45, 2.75) is 0 Å². The van der Waals surface area contributed by atoms with Gasteiger partial charge in [-0.15, -0.1) is 0 Å². The molecular formula is C50H31NO2. The fourth-order valence-electron chi connectivity index (χ4n) is 8.10. The highest BCUT2D eigenvalue weighted by Gasteiger charge is 2.23. The summed E-state index contributed by atoms with van der Waals surface area (Å²) in [6, 6.07) is 66.8. The molecule has 248 valence electrons. The first-order chi connectivity index (χ1) is 26.3. The molecule has 9 aromatic carbocycles. The summed E-state index contributed by atoms with van der Waals surface area (Å²) >= 11 is 0. The summed E-state index contributed by atoms with van der Waals surface area (Å²) in [5.74, 6) is 0. The Morgan fingerprint density at radius 2 is 0.849 bits per heavy atom. The van der Waals surface area contributed by atoms with Crippen LogP contribution in [0.2, 0.25) is 0 Å². The van der Waals surface area contributed by atoms with Gasteiger partial charge in [-0.2, -0.15) is 0 Å². The van der Waals surface area contributed by atoms with Gasteiger partial charge < -0.3 is 13.7 Å². The smallest absolute Gasteiger partial charge is 0.143 e. The summed E-state index contributed by atoms with van der Waals surface area (Å²) in [5, 5.41) is 9.10. The van der Waals surface area contributed by atoms with Crippen molar-refractivity contribution in [1.29, 1.82) is 0 Å². The molecule has 53 heavy (non-hydrogen) atoms. The van der Waals surface area contributed by atoms with Crippen molar-refractivity contribution in [2.24, 2.45) is 0 Å². The zero-order valence-corrected chi connectivity index (χ0v) is 28.7. The minimum atomic E-state index is 0.853. The molecule has 2 aromatic heterocycles. The van der Waals surface area contributed by atoms with E-state index in [9.17, 15) is 0 Å². The molecule has 0 bridgehead atoms. The van der Waals surface area contributed by atoms with Crippen molar-refractivity contribution < 1.29 is 8.83 Å². The highest BCUT2D eigenvalue weighted by Crippen LogP contribution is 2.47. The van der Waals surface area contributed by atoms with Gasteiger partial charge in [0.05, 0.1) is 22.1 Å². The van der Waals surface area contributed by atoms with E-state index in [-0.39, 0.29) is 0 Å². The minimum absolute atomic E-state index is 0.853. The third kappa shape index (κ3) is 4.75. The van der Waals surface area contributed by atoms with E-state index in [1.54, 1.807) is 0 Å². The molecule has 11 rings (SSSR count). The molecule has 0 fully saturated rings. The predicted octanol–water partition coefficient (Wildman–Crippen LogP) is 14.6. The standard InChI is InChI=1S/C50H31NO2/c1-2-11-37-31-38(24-23-32(37)9-1)35-21-19-33(20-22-35)34-25-28-39(29-26-34)51(43-14-7-17-46-48(43)41-13-5-6-16-45(41)52-46)44-15-8-18-47-49(44)42-30-27-36-10-3-4-12-40(36)50(42)53-47/h1-31H. The maximum absolute atomic E-state index is 6.67. The largest absolute Gasteiger partial charge is 0.456 e. The summed E-state index contributed by atoms with van der Waals surface area (Å²) in [5.41, 5.74) is 11.4. The van der Waals surface area contributed by atoms with Crippen LogP contribution in [0.1, 0.15) is 0 Å². The molecule has 0 N–H and O–H groups in total. The number of benzene rings is 9. The topological polar surface area (TPSA) is 29.5 Å². The van der Waals surface area contributed by atoms with E-state index in [4.69, 9.17) is 8.83 Å². The molecular weight excluding hydrogens is 647 g/mol. The van der Waals surface area contributed by atoms with Gasteiger partial charge in [0.15, 0.2) is 0 Å². The first-order valence-electron chi connectivity index (χ1n) is 18.0. The van der Waals surface area contributed by atoms with Gasteiger partial charge in [-0.05, 0) is 93.0 Å². The van der Waals surface area contributed by atoms with E-state index >= 15 is 0 Å². The van der Waals surface area contributed by atoms with Crippen molar-refractivity contribution in [3.05, 3.63) is 188 Å². The SMILES string of the molecule is c1ccc2cc(-c3ccc(-c4ccc(N(c5cccc6oc7ccccc7c56)c5cccc6oc7c8ccccc8ccc7c56)cc4)cc3)ccc2c1. The van der Waals surface area contributed by atoms with Crippen LogP contribution in [0.15, 0.2) is 197 Å². The van der Waals surface area contributed by atoms with Gasteiger partial charge in [0, 0.05) is 21.8 Å². The van der Waals surface area contributed by atoms with Gasteiger partial charge in [0.25, 0.3) is 0 Å². The van der Waals surface area contributed by atoms with Crippen LogP contribution >= 0.6 is 0 Å². The Kier molecular flexibility index (Phi) is 6.55. The maximum atomic E-state index is 6.67. The minimum Gasteiger partial charge on any atom is -0.456 e. The molecule has 11 aromatic rings. The zero-order valence-electron chi connectivity index (χ0n) is 28.7. The van der Waals surface area contributed by atoms with E-state index in [0.29, 0.717) is 0 Å². The van der Waals surface area contributed by atoms with Crippen molar-refractivity contribution >= 4 is 82.5 Å². The molecule has 0 unspecified atom stereocenters. The number of fused-ring (bicyclic) bond motifs is 9. The number of rotatable bonds is 5. The second kappa shape index (κ2) is 11.7. The van der Waals surface area contributed by atoms with Crippen LogP contribution in [0.25, 0.3) is 87.7 Å². The van der Waals surface area contributed by atoms with Crippen LogP contribution in [0.3, 0.4) is 0 Å². The first kappa shape index (κ1) is 29.6. The molecule has 0 radical (unpaired) electrons. The predicted molar refractivity (Wildman–Crippen MR) is 222 cm³/mol. The van der Waals surface area contributed by atoms with Gasteiger partial charge in [0.2, 0.25) is 0 Å². The summed E-state index contributed by atoms with van der Waals surface area (Å²) in [6.45, 7) is 0. The molecule has 0 aliphatic carbocycles. The Labute approximate surface area is 305 Å². The normalized spacial score (nSPS) is 11.8. The fraction of sp³-hybridized carbons (Fsp3) is 0. The summed E-state index contributed by atoms with van der Waals surface area (Å²) in [7, 11) is 0. The lowest BCUT2D eigenvalue weighted by Crippen LogP contribution is -2.10. The summed E-state index contributed by atoms with van der Waals surface area (Å²) < 4.78 is 13.1. The maximum Gasteiger partial charge on any atom is 0.143 e. The van der Waals surface area contributed by atoms with Crippen molar-refractivity contribution in [2.75, 3.05) is 4.90 Å². The molecule has 0 saturated heterocycles. The van der Waals surface area contributed by atoms with Gasteiger partial charge in [-0.1, -0.05) is 133 Å². The first-order valence-corrected chi connectivity index (χ1v) is 18.0. The third-order valence-corrected chi connectivity index (χ3v) is 10.7. The van der Waals surface area contributed by atoms with Crippen LogP contribution in [-0.2, 0) is 0 Å². The molecule has 0 atom stereocenters. The van der Waals surface area contributed by atoms with Crippen LogP contribution in [0, 0.1) is 0 Å². The van der Waals surface area contributed by atoms with Crippen LogP contribution in [0.4, 0.5) is 17.1 Å². The quantitative estimate of drug-likeness (QED) is 0.182. The van der Waals surface area contributed by atoms with Crippen LogP contribution in [-0.4, -0.2) is 0 Å². The average Bonchev–Trinajstić information content (AvgIpc) is 3.81. The van der Waals surface area contributed by atoms with E-state index < -0.39 is 0 Å². The van der Waals surface area contributed by atoms with Gasteiger partial charge >= 0.3 is 0 Å². The highest BCUT2D eigenvalue weighted by molar-refractivity contribution is 6.21. The zero-order chi connectivity index (χ0) is 34.9. The molecule has 0 aliphatic heterocycles. The van der Waals surface area contributed by atoms with E-state index in [2.05, 4.69) is 181 Å². The Balaban J connectivity index is 1.07. The molecule has 0 saturated carbocycles. The molecule has 0 aliphatic rings. The van der Waals surface area contributed by atoms with Gasteiger partial charge in [0.1, 0.15) is 22.3 Å². The number of hydrogen-bond acceptors (Lipinski definition) is 3. The Hall–Kier alpha value is -7.10.